The number of rotatable bonds is 4. The summed E-state index contributed by atoms with van der Waals surface area (Å²) in [6.45, 7) is 6.50. The summed E-state index contributed by atoms with van der Waals surface area (Å²) < 4.78 is 0. The van der Waals surface area contributed by atoms with Crippen LogP contribution in [0.25, 0.3) is 0 Å². The SMILES string of the molecule is CN(C1CCCCC1)C1CNCCC1CN1CCCC1. The molecule has 2 atom stereocenters. The lowest BCUT2D eigenvalue weighted by atomic mass is 9.87. The summed E-state index contributed by atoms with van der Waals surface area (Å²) in [5.74, 6) is 0.890. The van der Waals surface area contributed by atoms with Crippen LogP contribution in [-0.2, 0) is 0 Å². The molecule has 1 N–H and O–H groups in total. The van der Waals surface area contributed by atoms with Crippen molar-refractivity contribution in [3.05, 3.63) is 0 Å². The lowest BCUT2D eigenvalue weighted by Crippen LogP contribution is -2.55. The zero-order valence-corrected chi connectivity index (χ0v) is 13.3. The lowest BCUT2D eigenvalue weighted by Gasteiger charge is -2.44. The van der Waals surface area contributed by atoms with Gasteiger partial charge in [-0.1, -0.05) is 19.3 Å². The molecule has 0 aromatic heterocycles. The van der Waals surface area contributed by atoms with E-state index in [1.54, 1.807) is 0 Å². The van der Waals surface area contributed by atoms with Crippen molar-refractivity contribution in [2.45, 2.75) is 63.5 Å². The second-order valence-electron chi connectivity index (χ2n) is 7.29. The van der Waals surface area contributed by atoms with Gasteiger partial charge in [-0.05, 0) is 64.7 Å². The molecule has 0 radical (unpaired) electrons. The monoisotopic (exact) mass is 279 g/mol. The van der Waals surface area contributed by atoms with Crippen molar-refractivity contribution in [1.29, 1.82) is 0 Å². The van der Waals surface area contributed by atoms with Crippen LogP contribution in [0.3, 0.4) is 0 Å². The van der Waals surface area contributed by atoms with Gasteiger partial charge in [-0.3, -0.25) is 4.90 Å². The van der Waals surface area contributed by atoms with E-state index >= 15 is 0 Å². The number of nitrogens with one attached hydrogen (secondary N) is 1. The van der Waals surface area contributed by atoms with Crippen molar-refractivity contribution in [2.24, 2.45) is 5.92 Å². The van der Waals surface area contributed by atoms with Gasteiger partial charge in [0.05, 0.1) is 0 Å². The molecular weight excluding hydrogens is 246 g/mol. The normalized spacial score (nSPS) is 33.9. The molecule has 3 rings (SSSR count). The molecule has 1 saturated carbocycles. The van der Waals surface area contributed by atoms with Crippen molar-refractivity contribution < 1.29 is 0 Å². The predicted molar refractivity (Wildman–Crippen MR) is 85.1 cm³/mol. The highest BCUT2D eigenvalue weighted by atomic mass is 15.2. The minimum atomic E-state index is 0.771. The minimum absolute atomic E-state index is 0.771. The number of likely N-dealkylation sites (N-methyl/N-ethyl adjacent to an activating group) is 1. The Morgan fingerprint density at radius 3 is 2.50 bits per heavy atom. The molecule has 20 heavy (non-hydrogen) atoms. The van der Waals surface area contributed by atoms with Gasteiger partial charge in [0.15, 0.2) is 0 Å². The summed E-state index contributed by atoms with van der Waals surface area (Å²) >= 11 is 0. The summed E-state index contributed by atoms with van der Waals surface area (Å²) in [5, 5.41) is 3.65. The molecule has 0 bridgehead atoms. The second kappa shape index (κ2) is 7.24. The van der Waals surface area contributed by atoms with E-state index in [1.807, 2.05) is 0 Å². The first-order valence-corrected chi connectivity index (χ1v) is 8.99. The van der Waals surface area contributed by atoms with E-state index in [0.717, 1.165) is 18.0 Å². The Morgan fingerprint density at radius 1 is 1.00 bits per heavy atom. The van der Waals surface area contributed by atoms with Crippen LogP contribution in [0.5, 0.6) is 0 Å². The van der Waals surface area contributed by atoms with Crippen LogP contribution in [0.2, 0.25) is 0 Å². The first-order valence-electron chi connectivity index (χ1n) is 8.99. The molecule has 2 saturated heterocycles. The zero-order valence-electron chi connectivity index (χ0n) is 13.3. The summed E-state index contributed by atoms with van der Waals surface area (Å²) in [4.78, 5) is 5.48. The highest BCUT2D eigenvalue weighted by Gasteiger charge is 2.33. The maximum atomic E-state index is 3.65. The summed E-state index contributed by atoms with van der Waals surface area (Å²) in [6.07, 6.45) is 11.5. The Hall–Kier alpha value is -0.120. The van der Waals surface area contributed by atoms with E-state index in [0.29, 0.717) is 0 Å². The molecule has 3 nitrogen and oxygen atoms in total. The van der Waals surface area contributed by atoms with E-state index in [2.05, 4.69) is 22.2 Å². The van der Waals surface area contributed by atoms with Gasteiger partial charge >= 0.3 is 0 Å². The van der Waals surface area contributed by atoms with E-state index < -0.39 is 0 Å². The van der Waals surface area contributed by atoms with Crippen LogP contribution >= 0.6 is 0 Å². The van der Waals surface area contributed by atoms with E-state index in [4.69, 9.17) is 0 Å². The third-order valence-electron chi connectivity index (χ3n) is 5.95. The third kappa shape index (κ3) is 3.55. The molecule has 3 fully saturated rings. The van der Waals surface area contributed by atoms with Gasteiger partial charge in [-0.2, -0.15) is 0 Å². The maximum Gasteiger partial charge on any atom is 0.0261 e. The van der Waals surface area contributed by atoms with Crippen molar-refractivity contribution in [1.82, 2.24) is 15.1 Å². The largest absolute Gasteiger partial charge is 0.315 e. The molecule has 0 amide bonds. The van der Waals surface area contributed by atoms with Gasteiger partial charge < -0.3 is 10.2 Å². The number of likely N-dealkylation sites (tertiary alicyclic amines) is 1. The second-order valence-corrected chi connectivity index (χ2v) is 7.29. The number of hydrogen-bond acceptors (Lipinski definition) is 3. The molecular formula is C17H33N3. The molecule has 2 unspecified atom stereocenters. The Bertz CT molecular complexity index is 282. The number of piperidine rings is 1. The Kier molecular flexibility index (Phi) is 5.36. The summed E-state index contributed by atoms with van der Waals surface area (Å²) in [6, 6.07) is 1.63. The standard InChI is InChI=1S/C17H33N3/c1-19(16-7-3-2-4-8-16)17-13-18-10-9-15(17)14-20-11-5-6-12-20/h15-18H,2-14H2,1H3. The molecule has 2 aliphatic heterocycles. The van der Waals surface area contributed by atoms with Crippen LogP contribution in [0.4, 0.5) is 0 Å². The number of hydrogen-bond donors (Lipinski definition) is 1. The third-order valence-corrected chi connectivity index (χ3v) is 5.95. The highest BCUT2D eigenvalue weighted by Crippen LogP contribution is 2.28. The summed E-state index contributed by atoms with van der Waals surface area (Å²) in [5.41, 5.74) is 0. The number of nitrogens with zero attached hydrogens (tertiary/aromatic N) is 2. The minimum Gasteiger partial charge on any atom is -0.315 e. The predicted octanol–water partition coefficient (Wildman–Crippen LogP) is 2.32. The molecule has 3 heteroatoms. The van der Waals surface area contributed by atoms with Gasteiger partial charge in [0.2, 0.25) is 0 Å². The molecule has 0 aromatic carbocycles. The zero-order chi connectivity index (χ0) is 13.8. The Morgan fingerprint density at radius 2 is 1.75 bits per heavy atom. The molecule has 2 heterocycles. The smallest absolute Gasteiger partial charge is 0.0261 e. The van der Waals surface area contributed by atoms with Crippen molar-refractivity contribution in [3.63, 3.8) is 0 Å². The van der Waals surface area contributed by atoms with E-state index in [1.165, 1.54) is 84.1 Å². The van der Waals surface area contributed by atoms with Gasteiger partial charge in [0, 0.05) is 25.2 Å². The highest BCUT2D eigenvalue weighted by molar-refractivity contribution is 4.90. The fourth-order valence-corrected chi connectivity index (χ4v) is 4.64. The van der Waals surface area contributed by atoms with Crippen molar-refractivity contribution in [3.8, 4) is 0 Å². The first-order chi connectivity index (χ1) is 9.84. The fourth-order valence-electron chi connectivity index (χ4n) is 4.64. The quantitative estimate of drug-likeness (QED) is 0.852. The molecule has 0 aromatic rings. The molecule has 3 aliphatic rings. The van der Waals surface area contributed by atoms with Gasteiger partial charge in [0.1, 0.15) is 0 Å². The molecule has 0 spiro atoms. The van der Waals surface area contributed by atoms with Gasteiger partial charge in [-0.15, -0.1) is 0 Å². The van der Waals surface area contributed by atoms with Crippen molar-refractivity contribution >= 4 is 0 Å². The van der Waals surface area contributed by atoms with E-state index in [9.17, 15) is 0 Å². The average Bonchev–Trinajstić information content (AvgIpc) is 3.01. The van der Waals surface area contributed by atoms with Crippen LogP contribution in [-0.4, -0.2) is 61.7 Å². The summed E-state index contributed by atoms with van der Waals surface area (Å²) in [7, 11) is 2.41. The van der Waals surface area contributed by atoms with Crippen LogP contribution in [0.15, 0.2) is 0 Å². The Labute approximate surface area is 125 Å². The van der Waals surface area contributed by atoms with Crippen LogP contribution in [0.1, 0.15) is 51.4 Å². The van der Waals surface area contributed by atoms with E-state index in [-0.39, 0.29) is 0 Å². The first kappa shape index (κ1) is 14.8. The average molecular weight is 279 g/mol. The fraction of sp³-hybridized carbons (Fsp3) is 1.00. The van der Waals surface area contributed by atoms with Crippen LogP contribution in [0, 0.1) is 5.92 Å². The molecule has 1 aliphatic carbocycles. The van der Waals surface area contributed by atoms with Crippen LogP contribution < -0.4 is 5.32 Å². The molecule has 116 valence electrons. The van der Waals surface area contributed by atoms with Gasteiger partial charge in [0.25, 0.3) is 0 Å². The topological polar surface area (TPSA) is 18.5 Å². The van der Waals surface area contributed by atoms with Gasteiger partial charge in [-0.25, -0.2) is 0 Å². The Balaban J connectivity index is 1.58. The van der Waals surface area contributed by atoms with Crippen molar-refractivity contribution in [2.75, 3.05) is 39.8 Å². The maximum absolute atomic E-state index is 3.65. The lowest BCUT2D eigenvalue weighted by molar-refractivity contribution is 0.0645.